The molecule has 0 N–H and O–H groups in total. The van der Waals surface area contributed by atoms with Gasteiger partial charge in [0, 0.05) is 26.2 Å². The van der Waals surface area contributed by atoms with E-state index in [-0.39, 0.29) is 5.95 Å². The third-order valence-electron chi connectivity index (χ3n) is 3.88. The summed E-state index contributed by atoms with van der Waals surface area (Å²) in [6.45, 7) is 5.91. The van der Waals surface area contributed by atoms with Gasteiger partial charge < -0.3 is 9.80 Å². The Kier molecular flexibility index (Phi) is 4.54. The van der Waals surface area contributed by atoms with Gasteiger partial charge in [0.1, 0.15) is 0 Å². The molecular weight excluding hydrogens is 325 g/mol. The van der Waals surface area contributed by atoms with Crippen molar-refractivity contribution in [1.29, 1.82) is 0 Å². The SMILES string of the molecule is CCN1CCN(c2nc(-c3cccs3)cc(C(F)(F)F)n2)CC1. The molecule has 4 nitrogen and oxygen atoms in total. The van der Waals surface area contributed by atoms with Crippen LogP contribution in [0.15, 0.2) is 23.6 Å². The van der Waals surface area contributed by atoms with Gasteiger partial charge in [0.25, 0.3) is 0 Å². The topological polar surface area (TPSA) is 32.3 Å². The van der Waals surface area contributed by atoms with Crippen molar-refractivity contribution in [2.45, 2.75) is 13.1 Å². The Balaban J connectivity index is 1.95. The number of nitrogens with zero attached hydrogens (tertiary/aromatic N) is 4. The zero-order valence-electron chi connectivity index (χ0n) is 12.7. The smallest absolute Gasteiger partial charge is 0.338 e. The van der Waals surface area contributed by atoms with Gasteiger partial charge >= 0.3 is 6.18 Å². The summed E-state index contributed by atoms with van der Waals surface area (Å²) < 4.78 is 39.5. The number of alkyl halides is 3. The number of hydrogen-bond acceptors (Lipinski definition) is 5. The minimum Gasteiger partial charge on any atom is -0.338 e. The highest BCUT2D eigenvalue weighted by atomic mass is 32.1. The first kappa shape index (κ1) is 16.2. The zero-order chi connectivity index (χ0) is 16.4. The van der Waals surface area contributed by atoms with Crippen LogP contribution >= 0.6 is 11.3 Å². The molecule has 2 aromatic heterocycles. The summed E-state index contributed by atoms with van der Waals surface area (Å²) in [5.41, 5.74) is -0.556. The van der Waals surface area contributed by atoms with E-state index in [1.807, 2.05) is 10.3 Å². The van der Waals surface area contributed by atoms with Crippen LogP contribution in [0.2, 0.25) is 0 Å². The Morgan fingerprint density at radius 2 is 1.91 bits per heavy atom. The lowest BCUT2D eigenvalue weighted by molar-refractivity contribution is -0.141. The molecule has 3 rings (SSSR count). The van der Waals surface area contributed by atoms with Crippen molar-refractivity contribution >= 4 is 17.3 Å². The maximum atomic E-state index is 13.2. The number of halogens is 3. The summed E-state index contributed by atoms with van der Waals surface area (Å²) in [6.07, 6.45) is -4.48. The Hall–Kier alpha value is -1.67. The molecule has 1 saturated heterocycles. The van der Waals surface area contributed by atoms with Crippen LogP contribution in [-0.2, 0) is 6.18 Å². The number of likely N-dealkylation sites (N-methyl/N-ethyl adjacent to an activating group) is 1. The monoisotopic (exact) mass is 342 g/mol. The predicted octanol–water partition coefficient (Wildman–Crippen LogP) is 3.37. The molecule has 0 aliphatic carbocycles. The van der Waals surface area contributed by atoms with E-state index in [0.29, 0.717) is 23.7 Å². The summed E-state index contributed by atoms with van der Waals surface area (Å²) in [7, 11) is 0. The van der Waals surface area contributed by atoms with Gasteiger partial charge in [0.05, 0.1) is 10.6 Å². The van der Waals surface area contributed by atoms with Crippen LogP contribution < -0.4 is 4.90 Å². The number of hydrogen-bond donors (Lipinski definition) is 0. The second kappa shape index (κ2) is 6.45. The molecular formula is C15H17F3N4S. The molecule has 0 radical (unpaired) electrons. The predicted molar refractivity (Wildman–Crippen MR) is 84.7 cm³/mol. The molecule has 124 valence electrons. The Bertz CT molecular complexity index is 649. The number of anilines is 1. The van der Waals surface area contributed by atoms with Gasteiger partial charge in [0.15, 0.2) is 5.69 Å². The van der Waals surface area contributed by atoms with Crippen LogP contribution in [0.1, 0.15) is 12.6 Å². The quantitative estimate of drug-likeness (QED) is 0.856. The van der Waals surface area contributed by atoms with Crippen molar-refractivity contribution in [3.63, 3.8) is 0 Å². The highest BCUT2D eigenvalue weighted by Crippen LogP contribution is 2.33. The maximum absolute atomic E-state index is 13.2. The van der Waals surface area contributed by atoms with Gasteiger partial charge in [-0.3, -0.25) is 0 Å². The second-order valence-corrected chi connectivity index (χ2v) is 6.28. The largest absolute Gasteiger partial charge is 0.433 e. The summed E-state index contributed by atoms with van der Waals surface area (Å²) in [5, 5.41) is 1.82. The number of thiophene rings is 1. The van der Waals surface area contributed by atoms with Gasteiger partial charge in [0.2, 0.25) is 5.95 Å². The Morgan fingerprint density at radius 1 is 1.17 bits per heavy atom. The van der Waals surface area contributed by atoms with E-state index in [0.717, 1.165) is 25.7 Å². The minimum absolute atomic E-state index is 0.166. The molecule has 8 heteroatoms. The molecule has 1 aliphatic rings. The van der Waals surface area contributed by atoms with E-state index in [9.17, 15) is 13.2 Å². The molecule has 0 amide bonds. The standard InChI is InChI=1S/C15H17F3N4S/c1-2-21-5-7-22(8-6-21)14-19-11(12-4-3-9-23-12)10-13(20-14)15(16,17)18/h3-4,9-10H,2,5-8H2,1H3. The number of rotatable bonds is 3. The normalized spacial score (nSPS) is 16.8. The summed E-state index contributed by atoms with van der Waals surface area (Å²) in [4.78, 5) is 12.9. The van der Waals surface area contributed by atoms with E-state index in [1.54, 1.807) is 12.1 Å². The van der Waals surface area contributed by atoms with Gasteiger partial charge in [-0.15, -0.1) is 11.3 Å². The first-order chi connectivity index (χ1) is 11.0. The summed E-state index contributed by atoms with van der Waals surface area (Å²) in [5.74, 6) is 0.166. The number of piperazine rings is 1. The fourth-order valence-corrected chi connectivity index (χ4v) is 3.22. The highest BCUT2D eigenvalue weighted by molar-refractivity contribution is 7.13. The van der Waals surface area contributed by atoms with Gasteiger partial charge in [-0.1, -0.05) is 13.0 Å². The van der Waals surface area contributed by atoms with Crippen LogP contribution in [0.4, 0.5) is 19.1 Å². The third-order valence-corrected chi connectivity index (χ3v) is 4.77. The fraction of sp³-hybridized carbons (Fsp3) is 0.467. The van der Waals surface area contributed by atoms with Crippen LogP contribution in [0.3, 0.4) is 0 Å². The lowest BCUT2D eigenvalue weighted by Crippen LogP contribution is -2.46. The molecule has 1 aliphatic heterocycles. The lowest BCUT2D eigenvalue weighted by atomic mass is 10.2. The Labute approximate surface area is 136 Å². The average Bonchev–Trinajstić information content (AvgIpc) is 3.08. The van der Waals surface area contributed by atoms with Gasteiger partial charge in [-0.25, -0.2) is 9.97 Å². The van der Waals surface area contributed by atoms with Crippen molar-refractivity contribution in [1.82, 2.24) is 14.9 Å². The van der Waals surface area contributed by atoms with Crippen molar-refractivity contribution < 1.29 is 13.2 Å². The van der Waals surface area contributed by atoms with Gasteiger partial charge in [-0.2, -0.15) is 13.2 Å². The molecule has 0 aromatic carbocycles. The van der Waals surface area contributed by atoms with E-state index in [4.69, 9.17) is 0 Å². The third kappa shape index (κ3) is 3.64. The first-order valence-corrected chi connectivity index (χ1v) is 8.33. The fourth-order valence-electron chi connectivity index (χ4n) is 2.54. The van der Waals surface area contributed by atoms with E-state index >= 15 is 0 Å². The van der Waals surface area contributed by atoms with Crippen LogP contribution in [0.25, 0.3) is 10.6 Å². The molecule has 23 heavy (non-hydrogen) atoms. The molecule has 3 heterocycles. The zero-order valence-corrected chi connectivity index (χ0v) is 13.5. The average molecular weight is 342 g/mol. The van der Waals surface area contributed by atoms with E-state index in [1.165, 1.54) is 11.3 Å². The van der Waals surface area contributed by atoms with E-state index < -0.39 is 11.9 Å². The van der Waals surface area contributed by atoms with Crippen LogP contribution in [0.5, 0.6) is 0 Å². The molecule has 0 atom stereocenters. The minimum atomic E-state index is -4.48. The molecule has 2 aromatic rings. The van der Waals surface area contributed by atoms with Crippen molar-refractivity contribution in [2.24, 2.45) is 0 Å². The molecule has 0 unspecified atom stereocenters. The maximum Gasteiger partial charge on any atom is 0.433 e. The second-order valence-electron chi connectivity index (χ2n) is 5.33. The Morgan fingerprint density at radius 3 is 2.48 bits per heavy atom. The van der Waals surface area contributed by atoms with Gasteiger partial charge in [-0.05, 0) is 24.1 Å². The number of aromatic nitrogens is 2. The van der Waals surface area contributed by atoms with Crippen molar-refractivity contribution in [3.8, 4) is 10.6 Å². The van der Waals surface area contributed by atoms with Crippen LogP contribution in [0, 0.1) is 0 Å². The highest BCUT2D eigenvalue weighted by Gasteiger charge is 2.34. The van der Waals surface area contributed by atoms with E-state index in [2.05, 4.69) is 21.8 Å². The van der Waals surface area contributed by atoms with Crippen molar-refractivity contribution in [3.05, 3.63) is 29.3 Å². The summed E-state index contributed by atoms with van der Waals surface area (Å²) >= 11 is 1.37. The molecule has 0 saturated carbocycles. The summed E-state index contributed by atoms with van der Waals surface area (Å²) in [6, 6.07) is 4.60. The molecule has 0 spiro atoms. The van der Waals surface area contributed by atoms with Crippen LogP contribution in [-0.4, -0.2) is 47.6 Å². The molecule has 0 bridgehead atoms. The molecule has 1 fully saturated rings. The first-order valence-electron chi connectivity index (χ1n) is 7.45. The lowest BCUT2D eigenvalue weighted by Gasteiger charge is -2.34. The van der Waals surface area contributed by atoms with Crippen molar-refractivity contribution in [2.75, 3.05) is 37.6 Å².